The van der Waals surface area contributed by atoms with Gasteiger partial charge in [0.25, 0.3) is 0 Å². The zero-order chi connectivity index (χ0) is 18.1. The summed E-state index contributed by atoms with van der Waals surface area (Å²) in [6, 6.07) is 2.45. The highest BCUT2D eigenvalue weighted by molar-refractivity contribution is 5.80. The fourth-order valence-corrected chi connectivity index (χ4v) is 2.87. The van der Waals surface area contributed by atoms with E-state index in [1.165, 1.54) is 0 Å². The summed E-state index contributed by atoms with van der Waals surface area (Å²) in [7, 11) is 1.76. The highest BCUT2D eigenvalue weighted by Gasteiger charge is 2.19. The molecule has 2 N–H and O–H groups in total. The van der Waals surface area contributed by atoms with Crippen molar-refractivity contribution >= 4 is 5.96 Å². The molecule has 25 heavy (non-hydrogen) atoms. The Hall–Kier alpha value is -1.60. The molecule has 0 spiro atoms. The van der Waals surface area contributed by atoms with Crippen LogP contribution in [-0.4, -0.2) is 62.0 Å². The van der Waals surface area contributed by atoms with Crippen molar-refractivity contribution in [1.82, 2.24) is 20.7 Å². The fraction of sp³-hybridized carbons (Fsp3) is 0.778. The first-order valence-electron chi connectivity index (χ1n) is 9.34. The van der Waals surface area contributed by atoms with Crippen LogP contribution in [0, 0.1) is 0 Å². The minimum absolute atomic E-state index is 0.371. The number of aliphatic imine (C=N–C) groups is 1. The molecule has 0 saturated carbocycles. The van der Waals surface area contributed by atoms with E-state index < -0.39 is 0 Å². The maximum atomic E-state index is 5.36. The number of piperidine rings is 1. The number of hydrogen-bond acceptors (Lipinski definition) is 5. The average molecular weight is 351 g/mol. The summed E-state index contributed by atoms with van der Waals surface area (Å²) in [5.41, 5.74) is 0.978. The van der Waals surface area contributed by atoms with Crippen LogP contribution in [0.1, 0.15) is 51.0 Å². The molecule has 2 rings (SSSR count). The monoisotopic (exact) mass is 351 g/mol. The van der Waals surface area contributed by atoms with Gasteiger partial charge in [0, 0.05) is 45.4 Å². The van der Waals surface area contributed by atoms with Gasteiger partial charge in [0.15, 0.2) is 11.7 Å². The molecule has 142 valence electrons. The van der Waals surface area contributed by atoms with Gasteiger partial charge in [0.1, 0.15) is 6.54 Å². The van der Waals surface area contributed by atoms with Crippen LogP contribution >= 0.6 is 0 Å². The Bertz CT molecular complexity index is 521. The molecule has 0 unspecified atom stereocenters. The van der Waals surface area contributed by atoms with E-state index in [0.717, 1.165) is 63.0 Å². The van der Waals surface area contributed by atoms with Gasteiger partial charge in [-0.25, -0.2) is 4.99 Å². The molecule has 0 radical (unpaired) electrons. The summed E-state index contributed by atoms with van der Waals surface area (Å²) in [4.78, 5) is 7.10. The molecule has 2 heterocycles. The lowest BCUT2D eigenvalue weighted by Crippen LogP contribution is -2.49. The number of hydrogen-bond donors (Lipinski definition) is 2. The largest absolute Gasteiger partial charge is 0.383 e. The van der Waals surface area contributed by atoms with Crippen molar-refractivity contribution in [2.45, 2.75) is 52.1 Å². The SMILES string of the molecule is CCNC(=NCc1cc(C(C)C)no1)NC1CCN(CCOC)CC1. The Morgan fingerprint density at radius 3 is 2.80 bits per heavy atom. The molecule has 0 atom stereocenters. The summed E-state index contributed by atoms with van der Waals surface area (Å²) in [5, 5.41) is 11.0. The van der Waals surface area contributed by atoms with Crippen molar-refractivity contribution in [3.8, 4) is 0 Å². The number of aromatic nitrogens is 1. The van der Waals surface area contributed by atoms with E-state index in [2.05, 4.69) is 46.5 Å². The third kappa shape index (κ3) is 6.66. The van der Waals surface area contributed by atoms with E-state index in [4.69, 9.17) is 9.26 Å². The van der Waals surface area contributed by atoms with E-state index in [0.29, 0.717) is 18.5 Å². The zero-order valence-electron chi connectivity index (χ0n) is 16.0. The molecule has 1 aromatic rings. The van der Waals surface area contributed by atoms with Crippen molar-refractivity contribution in [2.24, 2.45) is 4.99 Å². The van der Waals surface area contributed by atoms with E-state index >= 15 is 0 Å². The van der Waals surface area contributed by atoms with Gasteiger partial charge in [-0.3, -0.25) is 0 Å². The number of nitrogens with zero attached hydrogens (tertiary/aromatic N) is 3. The molecular weight excluding hydrogens is 318 g/mol. The predicted octanol–water partition coefficient (Wildman–Crippen LogP) is 1.96. The first-order chi connectivity index (χ1) is 12.1. The molecule has 0 bridgehead atoms. The quantitative estimate of drug-likeness (QED) is 0.551. The third-order valence-corrected chi connectivity index (χ3v) is 4.45. The lowest BCUT2D eigenvalue weighted by atomic mass is 10.1. The minimum Gasteiger partial charge on any atom is -0.383 e. The molecular formula is C18H33N5O2. The molecule has 1 fully saturated rings. The predicted molar refractivity (Wildman–Crippen MR) is 99.9 cm³/mol. The second-order valence-electron chi connectivity index (χ2n) is 6.82. The number of methoxy groups -OCH3 is 1. The number of likely N-dealkylation sites (tertiary alicyclic amines) is 1. The van der Waals surface area contributed by atoms with Gasteiger partial charge in [-0.1, -0.05) is 19.0 Å². The van der Waals surface area contributed by atoms with Crippen molar-refractivity contribution in [1.29, 1.82) is 0 Å². The van der Waals surface area contributed by atoms with Crippen LogP contribution in [0.15, 0.2) is 15.6 Å². The Balaban J connectivity index is 1.83. The van der Waals surface area contributed by atoms with Crippen LogP contribution in [-0.2, 0) is 11.3 Å². The summed E-state index contributed by atoms with van der Waals surface area (Å²) in [6.07, 6.45) is 2.24. The summed E-state index contributed by atoms with van der Waals surface area (Å²) in [5.74, 6) is 2.02. The van der Waals surface area contributed by atoms with Gasteiger partial charge in [-0.15, -0.1) is 0 Å². The highest BCUT2D eigenvalue weighted by atomic mass is 16.5. The van der Waals surface area contributed by atoms with Gasteiger partial charge in [-0.2, -0.15) is 0 Å². The molecule has 0 aliphatic carbocycles. The van der Waals surface area contributed by atoms with Gasteiger partial charge in [-0.05, 0) is 25.7 Å². The number of nitrogens with one attached hydrogen (secondary N) is 2. The average Bonchev–Trinajstić information content (AvgIpc) is 3.08. The third-order valence-electron chi connectivity index (χ3n) is 4.45. The van der Waals surface area contributed by atoms with Crippen LogP contribution < -0.4 is 10.6 Å². The van der Waals surface area contributed by atoms with Crippen molar-refractivity contribution in [3.63, 3.8) is 0 Å². The smallest absolute Gasteiger partial charge is 0.191 e. The molecule has 1 aliphatic heterocycles. The van der Waals surface area contributed by atoms with E-state index in [9.17, 15) is 0 Å². The van der Waals surface area contributed by atoms with E-state index in [-0.39, 0.29) is 0 Å². The Morgan fingerprint density at radius 1 is 1.44 bits per heavy atom. The highest BCUT2D eigenvalue weighted by Crippen LogP contribution is 2.14. The molecule has 0 aromatic carbocycles. The maximum Gasteiger partial charge on any atom is 0.191 e. The lowest BCUT2D eigenvalue weighted by molar-refractivity contribution is 0.128. The molecule has 1 saturated heterocycles. The fourth-order valence-electron chi connectivity index (χ4n) is 2.87. The molecule has 1 aromatic heterocycles. The summed E-state index contributed by atoms with van der Waals surface area (Å²) < 4.78 is 10.5. The molecule has 7 nitrogen and oxygen atoms in total. The minimum atomic E-state index is 0.371. The number of guanidine groups is 1. The number of ether oxygens (including phenoxy) is 1. The van der Waals surface area contributed by atoms with Crippen LogP contribution in [0.2, 0.25) is 0 Å². The van der Waals surface area contributed by atoms with Gasteiger partial charge in [0.05, 0.1) is 12.3 Å². The topological polar surface area (TPSA) is 74.9 Å². The number of rotatable bonds is 8. The van der Waals surface area contributed by atoms with Crippen molar-refractivity contribution < 1.29 is 9.26 Å². The molecule has 0 amide bonds. The molecule has 7 heteroatoms. The first-order valence-corrected chi connectivity index (χ1v) is 9.34. The Labute approximate surface area is 151 Å². The lowest BCUT2D eigenvalue weighted by Gasteiger charge is -2.32. The van der Waals surface area contributed by atoms with E-state index in [1.807, 2.05) is 6.07 Å². The summed E-state index contributed by atoms with van der Waals surface area (Å²) >= 11 is 0. The normalized spacial score (nSPS) is 17.2. The van der Waals surface area contributed by atoms with Crippen molar-refractivity contribution in [3.05, 3.63) is 17.5 Å². The molecule has 1 aliphatic rings. The van der Waals surface area contributed by atoms with Crippen LogP contribution in [0.5, 0.6) is 0 Å². The zero-order valence-corrected chi connectivity index (χ0v) is 16.0. The second kappa shape index (κ2) is 10.4. The second-order valence-corrected chi connectivity index (χ2v) is 6.82. The van der Waals surface area contributed by atoms with Gasteiger partial charge < -0.3 is 24.8 Å². The van der Waals surface area contributed by atoms with Gasteiger partial charge >= 0.3 is 0 Å². The maximum absolute atomic E-state index is 5.36. The first kappa shape index (κ1) is 19.7. The Morgan fingerprint density at radius 2 is 2.20 bits per heavy atom. The Kier molecular flexibility index (Phi) is 8.21. The van der Waals surface area contributed by atoms with Crippen LogP contribution in [0.3, 0.4) is 0 Å². The van der Waals surface area contributed by atoms with Crippen LogP contribution in [0.4, 0.5) is 0 Å². The van der Waals surface area contributed by atoms with Gasteiger partial charge in [0.2, 0.25) is 0 Å². The summed E-state index contributed by atoms with van der Waals surface area (Å²) in [6.45, 7) is 11.6. The van der Waals surface area contributed by atoms with E-state index in [1.54, 1.807) is 7.11 Å². The van der Waals surface area contributed by atoms with Crippen LogP contribution in [0.25, 0.3) is 0 Å². The standard InChI is InChI=1S/C18H33N5O2/c1-5-19-18(20-13-16-12-17(14(2)3)22-25-16)21-15-6-8-23(9-7-15)10-11-24-4/h12,14-15H,5-11,13H2,1-4H3,(H2,19,20,21). The van der Waals surface area contributed by atoms with Crippen molar-refractivity contribution in [2.75, 3.05) is 39.9 Å².